The highest BCUT2D eigenvalue weighted by Crippen LogP contribution is 2.30. The van der Waals surface area contributed by atoms with Crippen LogP contribution < -0.4 is 0 Å². The molecule has 2 heterocycles. The lowest BCUT2D eigenvalue weighted by Gasteiger charge is -2.09. The van der Waals surface area contributed by atoms with Gasteiger partial charge < -0.3 is 4.57 Å². The van der Waals surface area contributed by atoms with Crippen molar-refractivity contribution in [3.05, 3.63) is 35.2 Å². The van der Waals surface area contributed by atoms with Gasteiger partial charge in [0.15, 0.2) is 0 Å². The average Bonchev–Trinajstić information content (AvgIpc) is 2.71. The van der Waals surface area contributed by atoms with Crippen LogP contribution in [-0.4, -0.2) is 14.5 Å². The molecule has 0 aliphatic carbocycles. The molecule has 0 saturated carbocycles. The van der Waals surface area contributed by atoms with Crippen molar-refractivity contribution in [3.63, 3.8) is 0 Å². The summed E-state index contributed by atoms with van der Waals surface area (Å²) in [6.45, 7) is 4.27. The summed E-state index contributed by atoms with van der Waals surface area (Å²) in [5.41, 5.74) is 4.09. The Bertz CT molecular complexity index is 743. The number of halogens is 1. The normalized spacial score (nSPS) is 11.8. The number of imidazole rings is 1. The monoisotopic (exact) mass is 259 g/mol. The molecule has 3 aromatic rings. The zero-order chi connectivity index (χ0) is 12.9. The molecule has 4 heteroatoms. The van der Waals surface area contributed by atoms with E-state index in [1.54, 1.807) is 0 Å². The fraction of sp³-hybridized carbons (Fsp3) is 0.286. The molecule has 1 aromatic carbocycles. The lowest BCUT2D eigenvalue weighted by Crippen LogP contribution is -1.97. The van der Waals surface area contributed by atoms with Crippen molar-refractivity contribution < 1.29 is 0 Å². The summed E-state index contributed by atoms with van der Waals surface area (Å²) in [7, 11) is 2.00. The molecule has 2 aromatic heterocycles. The van der Waals surface area contributed by atoms with Crippen molar-refractivity contribution in [1.29, 1.82) is 0 Å². The molecule has 0 aliphatic rings. The van der Waals surface area contributed by atoms with Gasteiger partial charge in [-0.3, -0.25) is 4.98 Å². The predicted octanol–water partition coefficient (Wildman–Crippen LogP) is 3.90. The molecule has 0 radical (unpaired) electrons. The zero-order valence-electron chi connectivity index (χ0n) is 10.6. The maximum absolute atomic E-state index is 6.08. The highest BCUT2D eigenvalue weighted by atomic mass is 35.5. The van der Waals surface area contributed by atoms with Crippen LogP contribution in [0.1, 0.15) is 25.5 Å². The minimum absolute atomic E-state index is 0.350. The molecule has 0 unspecified atom stereocenters. The van der Waals surface area contributed by atoms with E-state index < -0.39 is 0 Å². The standard InChI is InChI=1S/C14H14ClN3/c1-8(2)12-13-14(18(3)7-16-13)10-6-9(15)4-5-11(10)17-12/h4-8H,1-3H3. The molecule has 92 valence electrons. The summed E-state index contributed by atoms with van der Waals surface area (Å²) >= 11 is 6.08. The van der Waals surface area contributed by atoms with Gasteiger partial charge in [0.25, 0.3) is 0 Å². The fourth-order valence-electron chi connectivity index (χ4n) is 2.32. The second kappa shape index (κ2) is 3.95. The van der Waals surface area contributed by atoms with Crippen molar-refractivity contribution in [1.82, 2.24) is 14.5 Å². The highest BCUT2D eigenvalue weighted by molar-refractivity contribution is 6.31. The van der Waals surface area contributed by atoms with Crippen molar-refractivity contribution in [2.24, 2.45) is 7.05 Å². The van der Waals surface area contributed by atoms with Crippen LogP contribution in [0.3, 0.4) is 0 Å². The fourth-order valence-corrected chi connectivity index (χ4v) is 2.49. The first kappa shape index (κ1) is 11.5. The molecule has 0 amide bonds. The number of aromatic nitrogens is 3. The molecular formula is C14H14ClN3. The number of nitrogens with zero attached hydrogens (tertiary/aromatic N) is 3. The molecular weight excluding hydrogens is 246 g/mol. The smallest absolute Gasteiger partial charge is 0.111 e. The van der Waals surface area contributed by atoms with Gasteiger partial charge in [-0.25, -0.2) is 4.98 Å². The Hall–Kier alpha value is -1.61. The minimum Gasteiger partial charge on any atom is -0.333 e. The van der Waals surface area contributed by atoms with Crippen molar-refractivity contribution >= 4 is 33.5 Å². The van der Waals surface area contributed by atoms with E-state index in [4.69, 9.17) is 16.6 Å². The second-order valence-corrected chi connectivity index (χ2v) is 5.30. The van der Waals surface area contributed by atoms with E-state index in [-0.39, 0.29) is 0 Å². The van der Waals surface area contributed by atoms with Gasteiger partial charge in [-0.2, -0.15) is 0 Å². The number of aryl methyl sites for hydroxylation is 1. The minimum atomic E-state index is 0.350. The second-order valence-electron chi connectivity index (χ2n) is 4.87. The van der Waals surface area contributed by atoms with Gasteiger partial charge in [-0.05, 0) is 24.1 Å². The molecule has 18 heavy (non-hydrogen) atoms. The Morgan fingerprint density at radius 3 is 2.78 bits per heavy atom. The highest BCUT2D eigenvalue weighted by Gasteiger charge is 2.14. The third-order valence-corrected chi connectivity index (χ3v) is 3.42. The summed E-state index contributed by atoms with van der Waals surface area (Å²) in [6.07, 6.45) is 1.83. The Kier molecular flexibility index (Phi) is 2.52. The van der Waals surface area contributed by atoms with Crippen LogP contribution in [0, 0.1) is 0 Å². The Balaban J connectivity index is 2.56. The largest absolute Gasteiger partial charge is 0.333 e. The van der Waals surface area contributed by atoms with Crippen molar-refractivity contribution in [3.8, 4) is 0 Å². The number of benzene rings is 1. The molecule has 0 N–H and O–H groups in total. The number of fused-ring (bicyclic) bond motifs is 3. The van der Waals surface area contributed by atoms with E-state index in [0.717, 1.165) is 32.7 Å². The van der Waals surface area contributed by atoms with E-state index in [9.17, 15) is 0 Å². The lowest BCUT2D eigenvalue weighted by atomic mass is 10.1. The molecule has 0 spiro atoms. The van der Waals surface area contributed by atoms with E-state index >= 15 is 0 Å². The topological polar surface area (TPSA) is 30.7 Å². The third-order valence-electron chi connectivity index (χ3n) is 3.18. The van der Waals surface area contributed by atoms with Crippen LogP contribution in [0.2, 0.25) is 5.02 Å². The Morgan fingerprint density at radius 2 is 2.06 bits per heavy atom. The van der Waals surface area contributed by atoms with Crippen molar-refractivity contribution in [2.45, 2.75) is 19.8 Å². The van der Waals surface area contributed by atoms with Crippen LogP contribution in [0.4, 0.5) is 0 Å². The van der Waals surface area contributed by atoms with E-state index in [0.29, 0.717) is 5.92 Å². The molecule has 0 aliphatic heterocycles. The van der Waals surface area contributed by atoms with Gasteiger partial charge in [-0.1, -0.05) is 25.4 Å². The van der Waals surface area contributed by atoms with E-state index in [1.165, 1.54) is 0 Å². The Morgan fingerprint density at radius 1 is 1.28 bits per heavy atom. The van der Waals surface area contributed by atoms with E-state index in [1.807, 2.05) is 36.1 Å². The van der Waals surface area contributed by atoms with Crippen LogP contribution >= 0.6 is 11.6 Å². The molecule has 0 fully saturated rings. The number of hydrogen-bond acceptors (Lipinski definition) is 2. The summed E-state index contributed by atoms with van der Waals surface area (Å²) < 4.78 is 2.03. The first-order chi connectivity index (χ1) is 8.58. The first-order valence-electron chi connectivity index (χ1n) is 5.98. The van der Waals surface area contributed by atoms with Gasteiger partial charge in [0.05, 0.1) is 23.1 Å². The molecule has 0 atom stereocenters. The molecule has 3 rings (SSSR count). The van der Waals surface area contributed by atoms with Crippen LogP contribution in [-0.2, 0) is 7.05 Å². The summed E-state index contributed by atoms with van der Waals surface area (Å²) in [4.78, 5) is 9.20. The first-order valence-corrected chi connectivity index (χ1v) is 6.36. The van der Waals surface area contributed by atoms with Crippen molar-refractivity contribution in [2.75, 3.05) is 0 Å². The summed E-state index contributed by atoms with van der Waals surface area (Å²) in [5.74, 6) is 0.350. The number of pyridine rings is 1. The maximum Gasteiger partial charge on any atom is 0.111 e. The van der Waals surface area contributed by atoms with Gasteiger partial charge in [-0.15, -0.1) is 0 Å². The van der Waals surface area contributed by atoms with Crippen LogP contribution in [0.15, 0.2) is 24.5 Å². The summed E-state index contributed by atoms with van der Waals surface area (Å²) in [5, 5.41) is 1.78. The van der Waals surface area contributed by atoms with Gasteiger partial charge in [0.1, 0.15) is 5.52 Å². The number of rotatable bonds is 1. The Labute approximate surface area is 110 Å². The average molecular weight is 260 g/mol. The van der Waals surface area contributed by atoms with Crippen LogP contribution in [0.25, 0.3) is 21.9 Å². The molecule has 0 bridgehead atoms. The predicted molar refractivity (Wildman–Crippen MR) is 75.1 cm³/mol. The lowest BCUT2D eigenvalue weighted by molar-refractivity contribution is 0.838. The van der Waals surface area contributed by atoms with Gasteiger partial charge in [0, 0.05) is 17.5 Å². The van der Waals surface area contributed by atoms with E-state index in [2.05, 4.69) is 18.8 Å². The molecule has 3 nitrogen and oxygen atoms in total. The maximum atomic E-state index is 6.08. The zero-order valence-corrected chi connectivity index (χ0v) is 11.4. The van der Waals surface area contributed by atoms with Gasteiger partial charge in [0.2, 0.25) is 0 Å². The molecule has 0 saturated heterocycles. The SMILES string of the molecule is CC(C)c1nc2ccc(Cl)cc2c2c1ncn2C. The van der Waals surface area contributed by atoms with Crippen LogP contribution in [0.5, 0.6) is 0 Å². The number of hydrogen-bond donors (Lipinski definition) is 0. The quantitative estimate of drug-likeness (QED) is 0.664. The third kappa shape index (κ3) is 1.58. The summed E-state index contributed by atoms with van der Waals surface area (Å²) in [6, 6.07) is 5.80. The van der Waals surface area contributed by atoms with Gasteiger partial charge >= 0.3 is 0 Å².